The average Bonchev–Trinajstić information content (AvgIpc) is 2.52. The molecule has 1 N–H and O–H groups in total. The third kappa shape index (κ3) is 4.70. The molecule has 0 radical (unpaired) electrons. The summed E-state index contributed by atoms with van der Waals surface area (Å²) in [5.41, 5.74) is 2.66. The second-order valence-electron chi connectivity index (χ2n) is 5.70. The molecular weight excluding hydrogens is 328 g/mol. The van der Waals surface area contributed by atoms with Gasteiger partial charge in [0, 0.05) is 42.9 Å². The average molecular weight is 355 g/mol. The summed E-state index contributed by atoms with van der Waals surface area (Å²) in [7, 11) is 1.73. The van der Waals surface area contributed by atoms with Crippen LogP contribution in [0, 0.1) is 0 Å². The maximum absolute atomic E-state index is 5.05. The SMILES string of the molecule is CCC1CCCCN1c1ccc(CNCCOC)c(Br)c1. The van der Waals surface area contributed by atoms with E-state index in [9.17, 15) is 0 Å². The molecule has 1 atom stereocenters. The van der Waals surface area contributed by atoms with Gasteiger partial charge in [0.1, 0.15) is 0 Å². The van der Waals surface area contributed by atoms with E-state index in [2.05, 4.69) is 51.3 Å². The molecule has 1 heterocycles. The minimum atomic E-state index is 0.705. The van der Waals surface area contributed by atoms with Crippen LogP contribution in [0.5, 0.6) is 0 Å². The number of anilines is 1. The standard InChI is InChI=1S/C17H27BrN2O/c1-3-15-6-4-5-10-20(15)16-8-7-14(17(18)12-16)13-19-9-11-21-2/h7-8,12,15,19H,3-6,9-11,13H2,1-2H3. The van der Waals surface area contributed by atoms with E-state index in [0.717, 1.165) is 19.7 Å². The van der Waals surface area contributed by atoms with Gasteiger partial charge in [-0.05, 0) is 43.4 Å². The third-order valence-corrected chi connectivity index (χ3v) is 5.00. The molecule has 1 aromatic carbocycles. The second-order valence-corrected chi connectivity index (χ2v) is 6.55. The molecule has 1 aliphatic rings. The van der Waals surface area contributed by atoms with Gasteiger partial charge in [0.05, 0.1) is 6.61 Å². The highest BCUT2D eigenvalue weighted by atomic mass is 79.9. The molecule has 1 fully saturated rings. The Kier molecular flexibility index (Phi) is 7.00. The van der Waals surface area contributed by atoms with Gasteiger partial charge >= 0.3 is 0 Å². The number of hydrogen-bond donors (Lipinski definition) is 1. The smallest absolute Gasteiger partial charge is 0.0587 e. The maximum atomic E-state index is 5.05. The maximum Gasteiger partial charge on any atom is 0.0587 e. The van der Waals surface area contributed by atoms with Crippen LogP contribution in [0.4, 0.5) is 5.69 Å². The van der Waals surface area contributed by atoms with Crippen LogP contribution in [0.3, 0.4) is 0 Å². The molecule has 0 bridgehead atoms. The first kappa shape index (κ1) is 16.8. The molecule has 0 amide bonds. The summed E-state index contributed by atoms with van der Waals surface area (Å²) < 4.78 is 6.25. The molecule has 2 rings (SSSR count). The molecule has 1 aromatic rings. The van der Waals surface area contributed by atoms with Crippen LogP contribution in [0.2, 0.25) is 0 Å². The Morgan fingerprint density at radius 3 is 2.95 bits per heavy atom. The zero-order valence-electron chi connectivity index (χ0n) is 13.2. The summed E-state index contributed by atoms with van der Waals surface area (Å²) in [5.74, 6) is 0. The van der Waals surface area contributed by atoms with Gasteiger partial charge in [-0.15, -0.1) is 0 Å². The van der Waals surface area contributed by atoms with Crippen molar-refractivity contribution in [2.45, 2.75) is 45.2 Å². The molecule has 3 nitrogen and oxygen atoms in total. The topological polar surface area (TPSA) is 24.5 Å². The summed E-state index contributed by atoms with van der Waals surface area (Å²) >= 11 is 3.73. The van der Waals surface area contributed by atoms with Crippen LogP contribution in [0.15, 0.2) is 22.7 Å². The third-order valence-electron chi connectivity index (χ3n) is 4.27. The Morgan fingerprint density at radius 1 is 1.38 bits per heavy atom. The normalized spacial score (nSPS) is 19.0. The van der Waals surface area contributed by atoms with E-state index in [0.29, 0.717) is 6.04 Å². The predicted molar refractivity (Wildman–Crippen MR) is 93.0 cm³/mol. The van der Waals surface area contributed by atoms with Crippen molar-refractivity contribution in [1.82, 2.24) is 5.32 Å². The summed E-state index contributed by atoms with van der Waals surface area (Å²) in [4.78, 5) is 2.58. The highest BCUT2D eigenvalue weighted by Crippen LogP contribution is 2.30. The molecule has 118 valence electrons. The van der Waals surface area contributed by atoms with Crippen LogP contribution in [0.25, 0.3) is 0 Å². The highest BCUT2D eigenvalue weighted by Gasteiger charge is 2.21. The van der Waals surface area contributed by atoms with E-state index in [1.54, 1.807) is 7.11 Å². The van der Waals surface area contributed by atoms with Gasteiger partial charge < -0.3 is 15.0 Å². The van der Waals surface area contributed by atoms with Crippen molar-refractivity contribution in [3.8, 4) is 0 Å². The number of ether oxygens (including phenoxy) is 1. The Hall–Kier alpha value is -0.580. The molecule has 1 saturated heterocycles. The molecule has 1 unspecified atom stereocenters. The molecule has 1 aliphatic heterocycles. The van der Waals surface area contributed by atoms with Gasteiger partial charge in [0.2, 0.25) is 0 Å². The van der Waals surface area contributed by atoms with Gasteiger partial charge in [-0.3, -0.25) is 0 Å². The van der Waals surface area contributed by atoms with E-state index in [1.807, 2.05) is 0 Å². The molecule has 0 spiro atoms. The van der Waals surface area contributed by atoms with Crippen molar-refractivity contribution in [3.05, 3.63) is 28.2 Å². The van der Waals surface area contributed by atoms with Gasteiger partial charge in [-0.1, -0.05) is 28.9 Å². The van der Waals surface area contributed by atoms with Crippen molar-refractivity contribution in [3.63, 3.8) is 0 Å². The Labute approximate surface area is 137 Å². The van der Waals surface area contributed by atoms with Crippen LogP contribution in [-0.2, 0) is 11.3 Å². The Morgan fingerprint density at radius 2 is 2.24 bits per heavy atom. The van der Waals surface area contributed by atoms with Crippen molar-refractivity contribution in [2.75, 3.05) is 31.7 Å². The first-order chi connectivity index (χ1) is 10.3. The fraction of sp³-hybridized carbons (Fsp3) is 0.647. The number of rotatable bonds is 7. The summed E-state index contributed by atoms with van der Waals surface area (Å²) in [6.07, 6.45) is 5.25. The first-order valence-electron chi connectivity index (χ1n) is 8.01. The minimum absolute atomic E-state index is 0.705. The first-order valence-corrected chi connectivity index (χ1v) is 8.80. The highest BCUT2D eigenvalue weighted by molar-refractivity contribution is 9.10. The number of methoxy groups -OCH3 is 1. The molecule has 4 heteroatoms. The van der Waals surface area contributed by atoms with E-state index in [1.165, 1.54) is 48.0 Å². The number of hydrogen-bond acceptors (Lipinski definition) is 3. The molecule has 21 heavy (non-hydrogen) atoms. The lowest BCUT2D eigenvalue weighted by atomic mass is 9.99. The lowest BCUT2D eigenvalue weighted by molar-refractivity contribution is 0.199. The van der Waals surface area contributed by atoms with Gasteiger partial charge in [0.15, 0.2) is 0 Å². The van der Waals surface area contributed by atoms with Gasteiger partial charge in [0.25, 0.3) is 0 Å². The molecule has 0 saturated carbocycles. The molecule has 0 aliphatic carbocycles. The van der Waals surface area contributed by atoms with Crippen molar-refractivity contribution in [1.29, 1.82) is 0 Å². The van der Waals surface area contributed by atoms with E-state index in [-0.39, 0.29) is 0 Å². The summed E-state index contributed by atoms with van der Waals surface area (Å²) in [6, 6.07) is 7.49. The van der Waals surface area contributed by atoms with Crippen LogP contribution in [-0.4, -0.2) is 32.8 Å². The van der Waals surface area contributed by atoms with E-state index < -0.39 is 0 Å². The number of nitrogens with one attached hydrogen (secondary N) is 1. The van der Waals surface area contributed by atoms with Crippen LogP contribution < -0.4 is 10.2 Å². The molecular formula is C17H27BrN2O. The van der Waals surface area contributed by atoms with Crippen molar-refractivity contribution >= 4 is 21.6 Å². The van der Waals surface area contributed by atoms with Crippen LogP contribution in [0.1, 0.15) is 38.2 Å². The minimum Gasteiger partial charge on any atom is -0.383 e. The fourth-order valence-corrected chi connectivity index (χ4v) is 3.53. The molecule has 0 aromatic heterocycles. The Bertz CT molecular complexity index is 439. The zero-order chi connectivity index (χ0) is 15.1. The summed E-state index contributed by atoms with van der Waals surface area (Å²) in [6.45, 7) is 6.00. The zero-order valence-corrected chi connectivity index (χ0v) is 14.8. The lowest BCUT2D eigenvalue weighted by Gasteiger charge is -2.37. The number of nitrogens with zero attached hydrogens (tertiary/aromatic N) is 1. The largest absolute Gasteiger partial charge is 0.383 e. The second kappa shape index (κ2) is 8.76. The number of halogens is 1. The van der Waals surface area contributed by atoms with Crippen LogP contribution >= 0.6 is 15.9 Å². The van der Waals surface area contributed by atoms with Gasteiger partial charge in [-0.25, -0.2) is 0 Å². The predicted octanol–water partition coefficient (Wildman–Crippen LogP) is 3.95. The van der Waals surface area contributed by atoms with Crippen molar-refractivity contribution in [2.24, 2.45) is 0 Å². The quantitative estimate of drug-likeness (QED) is 0.750. The summed E-state index contributed by atoms with van der Waals surface area (Å²) in [5, 5.41) is 3.39. The lowest BCUT2D eigenvalue weighted by Crippen LogP contribution is -2.39. The fourth-order valence-electron chi connectivity index (χ4n) is 3.02. The number of benzene rings is 1. The van der Waals surface area contributed by atoms with Crippen molar-refractivity contribution < 1.29 is 4.74 Å². The van der Waals surface area contributed by atoms with Gasteiger partial charge in [-0.2, -0.15) is 0 Å². The monoisotopic (exact) mass is 354 g/mol. The Balaban J connectivity index is 2.00. The number of piperidine rings is 1. The van der Waals surface area contributed by atoms with E-state index in [4.69, 9.17) is 4.74 Å². The van der Waals surface area contributed by atoms with E-state index >= 15 is 0 Å².